The van der Waals surface area contributed by atoms with Crippen molar-refractivity contribution in [2.24, 2.45) is 0 Å². The number of carbonyl (C=O) groups is 3. The zero-order chi connectivity index (χ0) is 50.0. The SMILES string of the molecule is CC/C=C\C/C=C\C/C=C\C/C=C\CCCCC(=O)OCC(COC(=O)CCCCCCCCCCC/C=C\CCCCCCCC)OC(=O)CCCCCCCCCCCCCCCCCCC. The molecular formula is C63H112O6. The van der Waals surface area contributed by atoms with Gasteiger partial charge in [0, 0.05) is 19.3 Å². The Morgan fingerprint density at radius 3 is 0.928 bits per heavy atom. The highest BCUT2D eigenvalue weighted by molar-refractivity contribution is 5.71. The lowest BCUT2D eigenvalue weighted by molar-refractivity contribution is -0.167. The number of hydrogen-bond acceptors (Lipinski definition) is 6. The molecule has 6 heteroatoms. The summed E-state index contributed by atoms with van der Waals surface area (Å²) in [6.07, 6.45) is 72.2. The quantitative estimate of drug-likeness (QED) is 0.0262. The van der Waals surface area contributed by atoms with Crippen LogP contribution < -0.4 is 0 Å². The molecule has 0 aromatic carbocycles. The van der Waals surface area contributed by atoms with E-state index >= 15 is 0 Å². The number of esters is 3. The molecule has 0 aliphatic rings. The van der Waals surface area contributed by atoms with Gasteiger partial charge in [0.2, 0.25) is 0 Å². The first kappa shape index (κ1) is 66.1. The minimum absolute atomic E-state index is 0.0857. The first-order valence-corrected chi connectivity index (χ1v) is 29.8. The van der Waals surface area contributed by atoms with Gasteiger partial charge in [-0.05, 0) is 83.5 Å². The van der Waals surface area contributed by atoms with Crippen molar-refractivity contribution >= 4 is 17.9 Å². The van der Waals surface area contributed by atoms with E-state index in [0.29, 0.717) is 19.3 Å². The Morgan fingerprint density at radius 1 is 0.304 bits per heavy atom. The average Bonchev–Trinajstić information content (AvgIpc) is 3.35. The van der Waals surface area contributed by atoms with Gasteiger partial charge in [-0.1, -0.05) is 261 Å². The molecule has 1 atom stereocenters. The lowest BCUT2D eigenvalue weighted by atomic mass is 10.0. The number of unbranched alkanes of at least 4 members (excludes halogenated alkanes) is 33. The lowest BCUT2D eigenvalue weighted by Gasteiger charge is -2.18. The summed E-state index contributed by atoms with van der Waals surface area (Å²) in [4.78, 5) is 38.2. The zero-order valence-electron chi connectivity index (χ0n) is 45.8. The molecule has 69 heavy (non-hydrogen) atoms. The molecule has 0 heterocycles. The van der Waals surface area contributed by atoms with Gasteiger partial charge in [0.25, 0.3) is 0 Å². The zero-order valence-corrected chi connectivity index (χ0v) is 45.8. The van der Waals surface area contributed by atoms with Gasteiger partial charge in [-0.2, -0.15) is 0 Å². The van der Waals surface area contributed by atoms with Crippen molar-refractivity contribution in [3.05, 3.63) is 60.8 Å². The van der Waals surface area contributed by atoms with Gasteiger partial charge >= 0.3 is 17.9 Å². The first-order valence-electron chi connectivity index (χ1n) is 29.8. The van der Waals surface area contributed by atoms with Crippen LogP contribution in [0.5, 0.6) is 0 Å². The highest BCUT2D eigenvalue weighted by atomic mass is 16.6. The number of ether oxygens (including phenoxy) is 3. The summed E-state index contributed by atoms with van der Waals surface area (Å²) in [6, 6.07) is 0. The van der Waals surface area contributed by atoms with E-state index in [1.807, 2.05) is 0 Å². The summed E-state index contributed by atoms with van der Waals surface area (Å²) >= 11 is 0. The summed E-state index contributed by atoms with van der Waals surface area (Å²) in [6.45, 7) is 6.52. The van der Waals surface area contributed by atoms with Crippen LogP contribution in [0.15, 0.2) is 60.8 Å². The Morgan fingerprint density at radius 2 is 0.565 bits per heavy atom. The average molecular weight is 966 g/mol. The molecule has 0 spiro atoms. The lowest BCUT2D eigenvalue weighted by Crippen LogP contribution is -2.30. The van der Waals surface area contributed by atoms with Crippen LogP contribution in [-0.2, 0) is 28.6 Å². The van der Waals surface area contributed by atoms with Gasteiger partial charge in [0.15, 0.2) is 6.10 Å². The highest BCUT2D eigenvalue weighted by Crippen LogP contribution is 2.16. The van der Waals surface area contributed by atoms with Gasteiger partial charge < -0.3 is 14.2 Å². The maximum Gasteiger partial charge on any atom is 0.306 e. The Hall–Kier alpha value is -2.89. The largest absolute Gasteiger partial charge is 0.462 e. The fraction of sp³-hybridized carbons (Fsp3) is 0.794. The fourth-order valence-electron chi connectivity index (χ4n) is 8.55. The summed E-state index contributed by atoms with van der Waals surface area (Å²) in [7, 11) is 0. The predicted molar refractivity (Wildman–Crippen MR) is 298 cm³/mol. The minimum atomic E-state index is -0.790. The Kier molecular flexibility index (Phi) is 55.3. The summed E-state index contributed by atoms with van der Waals surface area (Å²) in [5, 5.41) is 0. The molecule has 0 saturated carbocycles. The summed E-state index contributed by atoms with van der Waals surface area (Å²) in [5.74, 6) is -0.916. The fourth-order valence-corrected chi connectivity index (χ4v) is 8.55. The monoisotopic (exact) mass is 965 g/mol. The van der Waals surface area contributed by atoms with Gasteiger partial charge in [0.1, 0.15) is 13.2 Å². The molecule has 1 unspecified atom stereocenters. The molecule has 0 bridgehead atoms. The van der Waals surface area contributed by atoms with Crippen molar-refractivity contribution in [1.29, 1.82) is 0 Å². The molecule has 0 saturated heterocycles. The smallest absolute Gasteiger partial charge is 0.306 e. The third kappa shape index (κ3) is 55.9. The standard InChI is InChI=1S/C63H112O6/c1-4-7-10-13-16-19-22-25-28-30-31-33-35-38-41-44-47-50-53-56-62(65)68-59-60(58-67-61(64)55-52-49-46-43-40-37-34-27-24-21-18-15-12-9-6-3)69-63(66)57-54-51-48-45-42-39-36-32-29-26-23-20-17-14-11-8-5-2/h9,12,18,21,25,27-28,34,40,43,60H,4-8,10-11,13-17,19-20,22-24,26,29-33,35-39,41-42,44-59H2,1-3H3/b12-9-,21-18-,28-25-,34-27-,43-40-. The highest BCUT2D eigenvalue weighted by Gasteiger charge is 2.19. The van der Waals surface area contributed by atoms with E-state index in [9.17, 15) is 14.4 Å². The molecule has 400 valence electrons. The molecule has 0 aromatic heterocycles. The molecule has 0 radical (unpaired) electrons. The first-order chi connectivity index (χ1) is 34.0. The summed E-state index contributed by atoms with van der Waals surface area (Å²) < 4.78 is 16.9. The van der Waals surface area contributed by atoms with E-state index in [4.69, 9.17) is 14.2 Å². The van der Waals surface area contributed by atoms with Crippen molar-refractivity contribution in [2.45, 2.75) is 309 Å². The maximum absolute atomic E-state index is 12.9. The third-order valence-electron chi connectivity index (χ3n) is 13.0. The second-order valence-electron chi connectivity index (χ2n) is 19.9. The van der Waals surface area contributed by atoms with E-state index in [-0.39, 0.29) is 31.1 Å². The van der Waals surface area contributed by atoms with E-state index in [1.54, 1.807) is 0 Å². The van der Waals surface area contributed by atoms with Crippen molar-refractivity contribution < 1.29 is 28.6 Å². The Bertz CT molecular complexity index is 1250. The van der Waals surface area contributed by atoms with E-state index in [1.165, 1.54) is 180 Å². The van der Waals surface area contributed by atoms with Crippen LogP contribution in [0.4, 0.5) is 0 Å². The normalized spacial score (nSPS) is 12.4. The van der Waals surface area contributed by atoms with Crippen LogP contribution in [0.2, 0.25) is 0 Å². The molecule has 0 aromatic rings. The molecule has 0 N–H and O–H groups in total. The van der Waals surface area contributed by atoms with Crippen LogP contribution in [0.25, 0.3) is 0 Å². The summed E-state index contributed by atoms with van der Waals surface area (Å²) in [5.41, 5.74) is 0. The van der Waals surface area contributed by atoms with E-state index in [2.05, 4.69) is 81.5 Å². The second kappa shape index (κ2) is 57.7. The van der Waals surface area contributed by atoms with Crippen LogP contribution in [0.3, 0.4) is 0 Å². The molecular weight excluding hydrogens is 853 g/mol. The Balaban J connectivity index is 4.39. The van der Waals surface area contributed by atoms with Gasteiger partial charge in [-0.3, -0.25) is 14.4 Å². The predicted octanol–water partition coefficient (Wildman–Crippen LogP) is 20.0. The van der Waals surface area contributed by atoms with Gasteiger partial charge in [-0.25, -0.2) is 0 Å². The molecule has 0 amide bonds. The van der Waals surface area contributed by atoms with Gasteiger partial charge in [0.05, 0.1) is 0 Å². The molecule has 0 fully saturated rings. The molecule has 6 nitrogen and oxygen atoms in total. The number of rotatable bonds is 54. The van der Waals surface area contributed by atoms with Gasteiger partial charge in [-0.15, -0.1) is 0 Å². The van der Waals surface area contributed by atoms with Crippen LogP contribution in [0.1, 0.15) is 303 Å². The van der Waals surface area contributed by atoms with Crippen molar-refractivity contribution in [3.8, 4) is 0 Å². The molecule has 0 aliphatic carbocycles. The minimum Gasteiger partial charge on any atom is -0.462 e. The Labute approximate surface area is 428 Å². The van der Waals surface area contributed by atoms with E-state index in [0.717, 1.165) is 83.5 Å². The van der Waals surface area contributed by atoms with E-state index < -0.39 is 6.10 Å². The topological polar surface area (TPSA) is 78.9 Å². The molecule has 0 aliphatic heterocycles. The second-order valence-corrected chi connectivity index (χ2v) is 19.9. The number of hydrogen-bond donors (Lipinski definition) is 0. The van der Waals surface area contributed by atoms with Crippen LogP contribution in [-0.4, -0.2) is 37.2 Å². The number of allylic oxidation sites excluding steroid dienone is 10. The van der Waals surface area contributed by atoms with Crippen molar-refractivity contribution in [1.82, 2.24) is 0 Å². The number of carbonyl (C=O) groups excluding carboxylic acids is 3. The van der Waals surface area contributed by atoms with Crippen molar-refractivity contribution in [2.75, 3.05) is 13.2 Å². The maximum atomic E-state index is 12.9. The molecule has 0 rings (SSSR count). The van der Waals surface area contributed by atoms with Crippen LogP contribution >= 0.6 is 0 Å². The van der Waals surface area contributed by atoms with Crippen molar-refractivity contribution in [3.63, 3.8) is 0 Å². The van der Waals surface area contributed by atoms with Crippen LogP contribution in [0, 0.1) is 0 Å². The third-order valence-corrected chi connectivity index (χ3v) is 13.0.